The van der Waals surface area contributed by atoms with E-state index in [0.717, 1.165) is 6.42 Å². The lowest BCUT2D eigenvalue weighted by molar-refractivity contribution is -0.154. The van der Waals surface area contributed by atoms with Gasteiger partial charge in [0.25, 0.3) is 0 Å². The normalized spacial score (nSPS) is 14.9. The molecule has 0 saturated heterocycles. The molecule has 0 heterocycles. The second-order valence-electron chi connectivity index (χ2n) is 3.13. The Kier molecular flexibility index (Phi) is 4.64. The monoisotopic (exact) mass is 170 g/mol. The fourth-order valence-corrected chi connectivity index (χ4v) is 0.996. The second-order valence-corrected chi connectivity index (χ2v) is 3.13. The van der Waals surface area contributed by atoms with Crippen molar-refractivity contribution in [1.29, 1.82) is 0 Å². The Labute approximate surface area is 74.6 Å². The molecule has 0 N–H and O–H groups in total. The van der Waals surface area contributed by atoms with E-state index in [1.165, 1.54) is 0 Å². The summed E-state index contributed by atoms with van der Waals surface area (Å²) < 4.78 is 4.96. The van der Waals surface area contributed by atoms with Crippen LogP contribution < -0.4 is 0 Å². The van der Waals surface area contributed by atoms with Crippen molar-refractivity contribution < 1.29 is 9.53 Å². The summed E-state index contributed by atoms with van der Waals surface area (Å²) in [5, 5.41) is 0. The average Bonchev–Trinajstić information content (AvgIpc) is 2.05. The second kappa shape index (κ2) is 4.96. The largest absolute Gasteiger partial charge is 0.466 e. The molecule has 0 rings (SSSR count). The summed E-state index contributed by atoms with van der Waals surface area (Å²) in [6.07, 6.45) is 3.24. The number of carbonyl (C=O) groups excluding carboxylic acids is 1. The molecule has 12 heavy (non-hydrogen) atoms. The maximum atomic E-state index is 11.4. The molecule has 0 aromatic carbocycles. The maximum absolute atomic E-state index is 11.4. The Morgan fingerprint density at radius 1 is 1.58 bits per heavy atom. The van der Waals surface area contributed by atoms with Crippen LogP contribution in [-0.4, -0.2) is 12.6 Å². The van der Waals surface area contributed by atoms with Gasteiger partial charge in [0.2, 0.25) is 0 Å². The highest BCUT2D eigenvalue weighted by molar-refractivity contribution is 5.76. The predicted molar refractivity (Wildman–Crippen MR) is 49.8 cm³/mol. The van der Waals surface area contributed by atoms with Gasteiger partial charge in [0.05, 0.1) is 12.0 Å². The van der Waals surface area contributed by atoms with Gasteiger partial charge in [-0.15, -0.1) is 6.58 Å². The summed E-state index contributed by atoms with van der Waals surface area (Å²) in [6.45, 7) is 9.80. The Morgan fingerprint density at radius 3 is 2.50 bits per heavy atom. The third-order valence-corrected chi connectivity index (χ3v) is 2.14. The molecule has 70 valence electrons. The van der Waals surface area contributed by atoms with Crippen LogP contribution in [-0.2, 0) is 9.53 Å². The summed E-state index contributed by atoms with van der Waals surface area (Å²) >= 11 is 0. The van der Waals surface area contributed by atoms with E-state index in [-0.39, 0.29) is 11.4 Å². The van der Waals surface area contributed by atoms with Gasteiger partial charge in [-0.2, -0.15) is 0 Å². The fourth-order valence-electron chi connectivity index (χ4n) is 0.996. The lowest BCUT2D eigenvalue weighted by Gasteiger charge is -2.23. The van der Waals surface area contributed by atoms with E-state index in [1.54, 1.807) is 6.08 Å². The van der Waals surface area contributed by atoms with Gasteiger partial charge in [-0.3, -0.25) is 4.79 Å². The van der Waals surface area contributed by atoms with E-state index in [1.807, 2.05) is 20.8 Å². The lowest BCUT2D eigenvalue weighted by Crippen LogP contribution is -2.28. The van der Waals surface area contributed by atoms with Crippen molar-refractivity contribution in [2.24, 2.45) is 5.41 Å². The number of hydrogen-bond acceptors (Lipinski definition) is 2. The van der Waals surface area contributed by atoms with E-state index in [4.69, 9.17) is 4.74 Å². The lowest BCUT2D eigenvalue weighted by atomic mass is 9.84. The Hall–Kier alpha value is -0.790. The summed E-state index contributed by atoms with van der Waals surface area (Å²) in [5.74, 6) is -0.118. The molecule has 0 saturated carbocycles. The zero-order chi connectivity index (χ0) is 9.61. The fraction of sp³-hybridized carbons (Fsp3) is 0.700. The molecule has 0 aliphatic carbocycles. The average molecular weight is 170 g/mol. The van der Waals surface area contributed by atoms with Crippen molar-refractivity contribution in [1.82, 2.24) is 0 Å². The third kappa shape index (κ3) is 2.68. The molecule has 0 fully saturated rings. The van der Waals surface area contributed by atoms with Gasteiger partial charge in [0.15, 0.2) is 0 Å². The van der Waals surface area contributed by atoms with Crippen LogP contribution in [0.3, 0.4) is 0 Å². The van der Waals surface area contributed by atoms with Crippen LogP contribution in [0.15, 0.2) is 12.7 Å². The predicted octanol–water partition coefficient (Wildman–Crippen LogP) is 2.54. The maximum Gasteiger partial charge on any atom is 0.312 e. The summed E-state index contributed by atoms with van der Waals surface area (Å²) in [7, 11) is 0. The van der Waals surface area contributed by atoms with E-state index < -0.39 is 0 Å². The standard InChI is InChI=1S/C10H18O2/c1-5-8-10(4,6-2)9(11)12-7-3/h5H,1,6-8H2,2-4H3. The van der Waals surface area contributed by atoms with Gasteiger partial charge >= 0.3 is 5.97 Å². The number of hydrogen-bond donors (Lipinski definition) is 0. The number of esters is 1. The molecule has 0 aliphatic rings. The van der Waals surface area contributed by atoms with Crippen molar-refractivity contribution in [2.75, 3.05) is 6.61 Å². The Bertz CT molecular complexity index is 163. The van der Waals surface area contributed by atoms with Gasteiger partial charge < -0.3 is 4.74 Å². The van der Waals surface area contributed by atoms with Crippen molar-refractivity contribution in [3.05, 3.63) is 12.7 Å². The number of carbonyl (C=O) groups is 1. The van der Waals surface area contributed by atoms with E-state index in [0.29, 0.717) is 13.0 Å². The van der Waals surface area contributed by atoms with E-state index >= 15 is 0 Å². The minimum absolute atomic E-state index is 0.118. The first-order valence-corrected chi connectivity index (χ1v) is 4.38. The van der Waals surface area contributed by atoms with Crippen LogP contribution in [0.5, 0.6) is 0 Å². The Balaban J connectivity index is 4.28. The van der Waals surface area contributed by atoms with Crippen molar-refractivity contribution in [2.45, 2.75) is 33.6 Å². The highest BCUT2D eigenvalue weighted by atomic mass is 16.5. The van der Waals surface area contributed by atoms with Crippen LogP contribution in [0.4, 0.5) is 0 Å². The zero-order valence-corrected chi connectivity index (χ0v) is 8.22. The molecule has 2 heteroatoms. The molecule has 2 nitrogen and oxygen atoms in total. The van der Waals surface area contributed by atoms with Gasteiger partial charge in [-0.25, -0.2) is 0 Å². The molecule has 0 aromatic heterocycles. The first-order chi connectivity index (χ1) is 5.60. The van der Waals surface area contributed by atoms with E-state index in [2.05, 4.69) is 6.58 Å². The molecule has 0 aliphatic heterocycles. The topological polar surface area (TPSA) is 26.3 Å². The van der Waals surface area contributed by atoms with Crippen molar-refractivity contribution in [3.8, 4) is 0 Å². The molecular weight excluding hydrogens is 152 g/mol. The molecule has 0 spiro atoms. The highest BCUT2D eigenvalue weighted by Gasteiger charge is 2.30. The SMILES string of the molecule is C=CCC(C)(CC)C(=O)OCC. The molecule has 1 unspecified atom stereocenters. The quantitative estimate of drug-likeness (QED) is 0.468. The molecular formula is C10H18O2. The van der Waals surface area contributed by atoms with Crippen molar-refractivity contribution in [3.63, 3.8) is 0 Å². The minimum Gasteiger partial charge on any atom is -0.466 e. The van der Waals surface area contributed by atoms with Crippen molar-refractivity contribution >= 4 is 5.97 Å². The van der Waals surface area contributed by atoms with Crippen LogP contribution in [0.25, 0.3) is 0 Å². The summed E-state index contributed by atoms with van der Waals surface area (Å²) in [6, 6.07) is 0. The summed E-state index contributed by atoms with van der Waals surface area (Å²) in [5.41, 5.74) is -0.377. The van der Waals surface area contributed by atoms with Gasteiger partial charge in [0, 0.05) is 0 Å². The Morgan fingerprint density at radius 2 is 2.17 bits per heavy atom. The molecule has 0 bridgehead atoms. The first kappa shape index (κ1) is 11.2. The molecule has 0 radical (unpaired) electrons. The van der Waals surface area contributed by atoms with Crippen LogP contribution in [0.1, 0.15) is 33.6 Å². The third-order valence-electron chi connectivity index (χ3n) is 2.14. The van der Waals surface area contributed by atoms with Crippen LogP contribution >= 0.6 is 0 Å². The highest BCUT2D eigenvalue weighted by Crippen LogP contribution is 2.27. The van der Waals surface area contributed by atoms with Crippen LogP contribution in [0, 0.1) is 5.41 Å². The number of allylic oxidation sites excluding steroid dienone is 1. The van der Waals surface area contributed by atoms with E-state index in [9.17, 15) is 4.79 Å². The number of ether oxygens (including phenoxy) is 1. The molecule has 1 atom stereocenters. The molecule has 0 aromatic rings. The number of rotatable bonds is 5. The van der Waals surface area contributed by atoms with Gasteiger partial charge in [0.1, 0.15) is 0 Å². The zero-order valence-electron chi connectivity index (χ0n) is 8.22. The van der Waals surface area contributed by atoms with Gasteiger partial charge in [-0.05, 0) is 26.7 Å². The van der Waals surface area contributed by atoms with Gasteiger partial charge in [-0.1, -0.05) is 13.0 Å². The minimum atomic E-state index is -0.377. The molecule has 0 amide bonds. The smallest absolute Gasteiger partial charge is 0.312 e. The summed E-state index contributed by atoms with van der Waals surface area (Å²) in [4.78, 5) is 11.4. The first-order valence-electron chi connectivity index (χ1n) is 4.38. The van der Waals surface area contributed by atoms with Crippen LogP contribution in [0.2, 0.25) is 0 Å².